The predicted molar refractivity (Wildman–Crippen MR) is 102 cm³/mol. The standard InChI is InChI=1S/C20H19N3O3/c1-3-9-25-13-5-7-15-16-8-6-14(26-10-4-2)12-18(16)19(17(15)11-13)22-23-20(21)24/h3-8,11-12H,1-2,9-10H2,(H3,21,23,24). The zero-order valence-electron chi connectivity index (χ0n) is 14.2. The lowest BCUT2D eigenvalue weighted by molar-refractivity contribution is 0.249. The second kappa shape index (κ2) is 7.57. The fourth-order valence-corrected chi connectivity index (χ4v) is 2.77. The van der Waals surface area contributed by atoms with Crippen molar-refractivity contribution in [1.29, 1.82) is 0 Å². The Labute approximate surface area is 151 Å². The van der Waals surface area contributed by atoms with Crippen LogP contribution in [0.5, 0.6) is 11.5 Å². The highest BCUT2D eigenvalue weighted by Gasteiger charge is 2.26. The summed E-state index contributed by atoms with van der Waals surface area (Å²) in [6.45, 7) is 8.10. The number of hydrazone groups is 1. The first-order chi connectivity index (χ1) is 12.6. The molecular formula is C20H19N3O3. The molecule has 0 spiro atoms. The number of benzene rings is 2. The monoisotopic (exact) mass is 349 g/mol. The molecule has 132 valence electrons. The Morgan fingerprint density at radius 1 is 0.962 bits per heavy atom. The van der Waals surface area contributed by atoms with E-state index in [9.17, 15) is 4.79 Å². The van der Waals surface area contributed by atoms with Crippen LogP contribution in [0.3, 0.4) is 0 Å². The first-order valence-electron chi connectivity index (χ1n) is 8.03. The van der Waals surface area contributed by atoms with Crippen LogP contribution in [0, 0.1) is 0 Å². The van der Waals surface area contributed by atoms with E-state index in [-0.39, 0.29) is 0 Å². The minimum Gasteiger partial charge on any atom is -0.490 e. The van der Waals surface area contributed by atoms with Crippen LogP contribution in [0.4, 0.5) is 4.79 Å². The lowest BCUT2D eigenvalue weighted by Gasteiger charge is -2.07. The summed E-state index contributed by atoms with van der Waals surface area (Å²) in [6, 6.07) is 10.7. The Morgan fingerprint density at radius 2 is 1.46 bits per heavy atom. The van der Waals surface area contributed by atoms with Gasteiger partial charge in [0.1, 0.15) is 24.7 Å². The Kier molecular flexibility index (Phi) is 5.03. The van der Waals surface area contributed by atoms with Crippen LogP contribution in [0.1, 0.15) is 11.1 Å². The van der Waals surface area contributed by atoms with Crippen molar-refractivity contribution < 1.29 is 14.3 Å². The molecule has 0 radical (unpaired) electrons. The van der Waals surface area contributed by atoms with Crippen LogP contribution in [0.25, 0.3) is 11.1 Å². The molecule has 2 amide bonds. The number of nitrogens with two attached hydrogens (primary N) is 1. The maximum absolute atomic E-state index is 11.1. The van der Waals surface area contributed by atoms with Gasteiger partial charge in [-0.3, -0.25) is 0 Å². The molecule has 0 aliphatic heterocycles. The molecule has 3 rings (SSSR count). The van der Waals surface area contributed by atoms with Gasteiger partial charge in [-0.25, -0.2) is 10.2 Å². The van der Waals surface area contributed by atoms with E-state index in [2.05, 4.69) is 23.7 Å². The number of nitrogens with zero attached hydrogens (tertiary/aromatic N) is 1. The molecule has 26 heavy (non-hydrogen) atoms. The summed E-state index contributed by atoms with van der Waals surface area (Å²) >= 11 is 0. The average molecular weight is 349 g/mol. The lowest BCUT2D eigenvalue weighted by atomic mass is 10.1. The molecule has 6 nitrogen and oxygen atoms in total. The minimum atomic E-state index is -0.731. The molecule has 1 aliphatic carbocycles. The Hall–Kier alpha value is -3.54. The third-order valence-electron chi connectivity index (χ3n) is 3.80. The molecule has 2 aromatic carbocycles. The molecule has 3 N–H and O–H groups in total. The van der Waals surface area contributed by atoms with E-state index in [1.807, 2.05) is 36.4 Å². The van der Waals surface area contributed by atoms with Gasteiger partial charge in [-0.05, 0) is 47.5 Å². The van der Waals surface area contributed by atoms with Crippen molar-refractivity contribution in [2.75, 3.05) is 13.2 Å². The number of rotatable bonds is 7. The summed E-state index contributed by atoms with van der Waals surface area (Å²) in [5.74, 6) is 1.37. The van der Waals surface area contributed by atoms with Gasteiger partial charge < -0.3 is 15.2 Å². The zero-order chi connectivity index (χ0) is 18.5. The van der Waals surface area contributed by atoms with Crippen molar-refractivity contribution in [3.63, 3.8) is 0 Å². The number of hydrogen-bond donors (Lipinski definition) is 2. The lowest BCUT2D eigenvalue weighted by Crippen LogP contribution is -2.25. The van der Waals surface area contributed by atoms with E-state index < -0.39 is 6.03 Å². The van der Waals surface area contributed by atoms with E-state index in [0.29, 0.717) is 30.4 Å². The van der Waals surface area contributed by atoms with Gasteiger partial charge in [-0.15, -0.1) is 0 Å². The van der Waals surface area contributed by atoms with Crippen LogP contribution < -0.4 is 20.6 Å². The number of nitrogens with one attached hydrogen (secondary N) is 1. The molecule has 0 aromatic heterocycles. The van der Waals surface area contributed by atoms with Gasteiger partial charge >= 0.3 is 6.03 Å². The molecule has 0 fully saturated rings. The number of carbonyl (C=O) groups is 1. The zero-order valence-corrected chi connectivity index (χ0v) is 14.2. The molecule has 0 atom stereocenters. The summed E-state index contributed by atoms with van der Waals surface area (Å²) in [6.07, 6.45) is 3.35. The van der Waals surface area contributed by atoms with Gasteiger partial charge in [0.2, 0.25) is 0 Å². The Balaban J connectivity index is 2.06. The summed E-state index contributed by atoms with van der Waals surface area (Å²) < 4.78 is 11.2. The van der Waals surface area contributed by atoms with Gasteiger partial charge in [0.05, 0.1) is 5.71 Å². The van der Waals surface area contributed by atoms with Crippen LogP contribution in [0.15, 0.2) is 66.8 Å². The first-order valence-corrected chi connectivity index (χ1v) is 8.03. The van der Waals surface area contributed by atoms with Crippen LogP contribution in [-0.4, -0.2) is 25.0 Å². The van der Waals surface area contributed by atoms with Gasteiger partial charge in [-0.2, -0.15) is 5.10 Å². The average Bonchev–Trinajstić information content (AvgIpc) is 2.95. The highest BCUT2D eigenvalue weighted by atomic mass is 16.5. The minimum absolute atomic E-state index is 0.400. The molecule has 0 bridgehead atoms. The molecule has 0 heterocycles. The summed E-state index contributed by atoms with van der Waals surface area (Å²) in [5, 5.41) is 4.19. The molecular weight excluding hydrogens is 330 g/mol. The van der Waals surface area contributed by atoms with Crippen molar-refractivity contribution in [3.05, 3.63) is 72.8 Å². The predicted octanol–water partition coefficient (Wildman–Crippen LogP) is 3.22. The number of ether oxygens (including phenoxy) is 2. The van der Waals surface area contributed by atoms with Crippen LogP contribution in [0.2, 0.25) is 0 Å². The topological polar surface area (TPSA) is 85.9 Å². The normalized spacial score (nSPS) is 11.2. The summed E-state index contributed by atoms with van der Waals surface area (Å²) in [4.78, 5) is 11.1. The highest BCUT2D eigenvalue weighted by Crippen LogP contribution is 2.40. The SMILES string of the molecule is C=CCOc1ccc2c(c1)C(=NNC(N)=O)c1cc(OCC=C)ccc1-2. The molecule has 0 saturated carbocycles. The smallest absolute Gasteiger partial charge is 0.332 e. The Morgan fingerprint density at radius 3 is 1.88 bits per heavy atom. The van der Waals surface area contributed by atoms with Crippen molar-refractivity contribution in [2.24, 2.45) is 10.8 Å². The van der Waals surface area contributed by atoms with Gasteiger partial charge in [0.15, 0.2) is 0 Å². The third kappa shape index (κ3) is 3.44. The van der Waals surface area contributed by atoms with Crippen molar-refractivity contribution in [2.45, 2.75) is 0 Å². The quantitative estimate of drug-likeness (QED) is 0.507. The number of hydrogen-bond acceptors (Lipinski definition) is 4. The number of amides is 2. The van der Waals surface area contributed by atoms with Crippen LogP contribution >= 0.6 is 0 Å². The van der Waals surface area contributed by atoms with Gasteiger partial charge in [0, 0.05) is 11.1 Å². The van der Waals surface area contributed by atoms with Crippen molar-refractivity contribution in [1.82, 2.24) is 5.43 Å². The largest absolute Gasteiger partial charge is 0.490 e. The fraction of sp³-hybridized carbons (Fsp3) is 0.100. The van der Waals surface area contributed by atoms with E-state index in [1.165, 1.54) is 0 Å². The van der Waals surface area contributed by atoms with Crippen molar-refractivity contribution >= 4 is 11.7 Å². The molecule has 6 heteroatoms. The summed E-state index contributed by atoms with van der Waals surface area (Å²) in [7, 11) is 0. The van der Waals surface area contributed by atoms with E-state index >= 15 is 0 Å². The second-order valence-electron chi connectivity index (χ2n) is 5.55. The first kappa shape index (κ1) is 17.3. The van der Waals surface area contributed by atoms with Gasteiger partial charge in [-0.1, -0.05) is 25.3 Å². The maximum atomic E-state index is 11.1. The number of urea groups is 1. The molecule has 1 aliphatic rings. The third-order valence-corrected chi connectivity index (χ3v) is 3.80. The molecule has 0 unspecified atom stereocenters. The summed E-state index contributed by atoms with van der Waals surface area (Å²) in [5.41, 5.74) is 11.8. The number of carbonyl (C=O) groups excluding carboxylic acids is 1. The maximum Gasteiger partial charge on any atom is 0.332 e. The van der Waals surface area contributed by atoms with Crippen molar-refractivity contribution in [3.8, 4) is 22.6 Å². The molecule has 0 saturated heterocycles. The molecule has 2 aromatic rings. The fourth-order valence-electron chi connectivity index (χ4n) is 2.77. The second-order valence-corrected chi connectivity index (χ2v) is 5.55. The highest BCUT2D eigenvalue weighted by molar-refractivity contribution is 6.25. The number of fused-ring (bicyclic) bond motifs is 3. The van der Waals surface area contributed by atoms with E-state index in [1.54, 1.807) is 12.2 Å². The Bertz CT molecular complexity index is 840. The van der Waals surface area contributed by atoms with E-state index in [0.717, 1.165) is 22.3 Å². The van der Waals surface area contributed by atoms with Gasteiger partial charge in [0.25, 0.3) is 0 Å². The van der Waals surface area contributed by atoms with Crippen LogP contribution in [-0.2, 0) is 0 Å². The van der Waals surface area contributed by atoms with E-state index in [4.69, 9.17) is 15.2 Å². The number of primary amides is 1.